The Hall–Kier alpha value is 0.270. The number of hydrogen-bond acceptors (Lipinski definition) is 1. The highest BCUT2D eigenvalue weighted by Gasteiger charge is 2.10. The molecule has 0 saturated carbocycles. The van der Waals surface area contributed by atoms with Crippen molar-refractivity contribution >= 4 is 39.1 Å². The van der Waals surface area contributed by atoms with Gasteiger partial charge >= 0.3 is 0 Å². The molecule has 5 heteroatoms. The molecule has 1 aromatic heterocycles. The van der Waals surface area contributed by atoms with E-state index in [4.69, 9.17) is 23.2 Å². The molecule has 0 atom stereocenters. The maximum Gasteiger partial charge on any atom is 0.179 e. The fraction of sp³-hybridized carbons (Fsp3) is 0.500. The first-order valence-electron chi connectivity index (χ1n) is 3.23. The van der Waals surface area contributed by atoms with Crippen molar-refractivity contribution in [1.29, 1.82) is 0 Å². The number of nitrogens with zero attached hydrogens (tertiary/aromatic N) is 2. The molecule has 11 heavy (non-hydrogen) atoms. The van der Waals surface area contributed by atoms with Gasteiger partial charge in [0.1, 0.15) is 5.15 Å². The van der Waals surface area contributed by atoms with Crippen LogP contribution in [-0.4, -0.2) is 9.55 Å². The number of halogens is 3. The van der Waals surface area contributed by atoms with Crippen molar-refractivity contribution in [3.05, 3.63) is 15.0 Å². The van der Waals surface area contributed by atoms with E-state index in [-0.39, 0.29) is 0 Å². The van der Waals surface area contributed by atoms with Crippen LogP contribution in [0.1, 0.15) is 13.3 Å². The number of imidazole rings is 1. The summed E-state index contributed by atoms with van der Waals surface area (Å²) in [7, 11) is 0. The quantitative estimate of drug-likeness (QED) is 0.795. The molecule has 1 rings (SSSR count). The predicted molar refractivity (Wildman–Crippen MR) is 50.2 cm³/mol. The molecule has 0 spiro atoms. The van der Waals surface area contributed by atoms with Crippen LogP contribution in [-0.2, 0) is 6.54 Å². The molecule has 0 radical (unpaired) electrons. The molecular formula is C6H7BrCl2N2. The van der Waals surface area contributed by atoms with Crippen LogP contribution in [0.2, 0.25) is 10.3 Å². The maximum atomic E-state index is 5.83. The first-order valence-corrected chi connectivity index (χ1v) is 4.78. The third-order valence-electron chi connectivity index (χ3n) is 1.27. The van der Waals surface area contributed by atoms with Crippen LogP contribution < -0.4 is 0 Å². The highest BCUT2D eigenvalue weighted by Crippen LogP contribution is 2.25. The molecule has 1 aromatic rings. The lowest BCUT2D eigenvalue weighted by molar-refractivity contribution is 0.665. The van der Waals surface area contributed by atoms with E-state index in [1.165, 1.54) is 0 Å². The fourth-order valence-electron chi connectivity index (χ4n) is 0.794. The minimum Gasteiger partial charge on any atom is -0.308 e. The molecule has 62 valence electrons. The number of hydrogen-bond donors (Lipinski definition) is 0. The summed E-state index contributed by atoms with van der Waals surface area (Å²) in [5, 5.41) is 0.854. The fourth-order valence-corrected chi connectivity index (χ4v) is 1.92. The van der Waals surface area contributed by atoms with Gasteiger partial charge in [0.15, 0.2) is 9.89 Å². The van der Waals surface area contributed by atoms with Crippen LogP contribution in [0.4, 0.5) is 0 Å². The molecule has 0 amide bonds. The average Bonchev–Trinajstić information content (AvgIpc) is 2.17. The average molecular weight is 258 g/mol. The summed E-state index contributed by atoms with van der Waals surface area (Å²) >= 11 is 14.8. The number of rotatable bonds is 2. The maximum absolute atomic E-state index is 5.83. The summed E-state index contributed by atoms with van der Waals surface area (Å²) in [6.07, 6.45) is 1.00. The van der Waals surface area contributed by atoms with Crippen molar-refractivity contribution in [3.8, 4) is 0 Å². The molecule has 0 fully saturated rings. The van der Waals surface area contributed by atoms with Gasteiger partial charge in [0, 0.05) is 6.54 Å². The Morgan fingerprint density at radius 1 is 1.55 bits per heavy atom. The van der Waals surface area contributed by atoms with E-state index < -0.39 is 0 Å². The monoisotopic (exact) mass is 256 g/mol. The van der Waals surface area contributed by atoms with Crippen LogP contribution in [0.15, 0.2) is 4.73 Å². The van der Waals surface area contributed by atoms with Crippen LogP contribution in [0.5, 0.6) is 0 Å². The van der Waals surface area contributed by atoms with Gasteiger partial charge in [-0.05, 0) is 22.4 Å². The van der Waals surface area contributed by atoms with Gasteiger partial charge in [0.2, 0.25) is 0 Å². The third kappa shape index (κ3) is 1.89. The van der Waals surface area contributed by atoms with Gasteiger partial charge in [-0.25, -0.2) is 4.98 Å². The Kier molecular flexibility index (Phi) is 3.22. The van der Waals surface area contributed by atoms with Crippen molar-refractivity contribution < 1.29 is 0 Å². The standard InChI is InChI=1S/C6H7BrCl2N2/c1-2-3-11-5(9)4(8)10-6(11)7/h2-3H2,1H3. The second-order valence-corrected chi connectivity index (χ2v) is 3.54. The smallest absolute Gasteiger partial charge is 0.179 e. The Labute approximate surface area is 83.6 Å². The first-order chi connectivity index (χ1) is 5.16. The molecule has 0 aliphatic carbocycles. The molecule has 0 aromatic carbocycles. The van der Waals surface area contributed by atoms with Gasteiger partial charge < -0.3 is 4.57 Å². The Morgan fingerprint density at radius 3 is 2.55 bits per heavy atom. The topological polar surface area (TPSA) is 17.8 Å². The van der Waals surface area contributed by atoms with Gasteiger partial charge in [0.25, 0.3) is 0 Å². The van der Waals surface area contributed by atoms with Gasteiger partial charge in [0.05, 0.1) is 0 Å². The second-order valence-electron chi connectivity index (χ2n) is 2.11. The van der Waals surface area contributed by atoms with Crippen molar-refractivity contribution in [1.82, 2.24) is 9.55 Å². The summed E-state index contributed by atoms with van der Waals surface area (Å²) in [6, 6.07) is 0. The van der Waals surface area contributed by atoms with E-state index in [0.29, 0.717) is 15.0 Å². The zero-order chi connectivity index (χ0) is 8.43. The first kappa shape index (κ1) is 9.36. The molecule has 0 bridgehead atoms. The van der Waals surface area contributed by atoms with Gasteiger partial charge in [-0.15, -0.1) is 0 Å². The zero-order valence-corrected chi connectivity index (χ0v) is 9.04. The van der Waals surface area contributed by atoms with E-state index >= 15 is 0 Å². The highest BCUT2D eigenvalue weighted by atomic mass is 79.9. The van der Waals surface area contributed by atoms with Crippen molar-refractivity contribution in [2.45, 2.75) is 19.9 Å². The SMILES string of the molecule is CCCn1c(Br)nc(Cl)c1Cl. The lowest BCUT2D eigenvalue weighted by atomic mass is 10.5. The molecule has 0 aliphatic rings. The Bertz CT molecular complexity index is 259. The summed E-state index contributed by atoms with van der Waals surface area (Å²) in [4.78, 5) is 3.94. The molecule has 0 aliphatic heterocycles. The van der Waals surface area contributed by atoms with Crippen LogP contribution in [0.25, 0.3) is 0 Å². The normalized spacial score (nSPS) is 10.5. The minimum absolute atomic E-state index is 0.354. The van der Waals surface area contributed by atoms with Gasteiger partial charge in [-0.3, -0.25) is 0 Å². The van der Waals surface area contributed by atoms with E-state index in [9.17, 15) is 0 Å². The summed E-state index contributed by atoms with van der Waals surface area (Å²) in [6.45, 7) is 2.90. The van der Waals surface area contributed by atoms with E-state index in [1.54, 1.807) is 0 Å². The Morgan fingerprint density at radius 2 is 2.18 bits per heavy atom. The van der Waals surface area contributed by atoms with Crippen molar-refractivity contribution in [2.75, 3.05) is 0 Å². The van der Waals surface area contributed by atoms with Crippen LogP contribution in [0, 0.1) is 0 Å². The Balaban J connectivity index is 3.02. The van der Waals surface area contributed by atoms with Gasteiger partial charge in [-0.1, -0.05) is 30.1 Å². The summed E-state index contributed by atoms with van der Waals surface area (Å²) in [5.41, 5.74) is 0. The molecule has 0 unspecified atom stereocenters. The van der Waals surface area contributed by atoms with E-state index in [0.717, 1.165) is 13.0 Å². The molecular weight excluding hydrogens is 251 g/mol. The zero-order valence-electron chi connectivity index (χ0n) is 5.94. The summed E-state index contributed by atoms with van der Waals surface area (Å²) in [5.74, 6) is 0. The third-order valence-corrected chi connectivity index (χ3v) is 2.62. The van der Waals surface area contributed by atoms with Crippen LogP contribution >= 0.6 is 39.1 Å². The number of aromatic nitrogens is 2. The highest BCUT2D eigenvalue weighted by molar-refractivity contribution is 9.10. The molecule has 2 nitrogen and oxygen atoms in total. The molecule has 1 heterocycles. The van der Waals surface area contributed by atoms with E-state index in [1.807, 2.05) is 4.57 Å². The summed E-state index contributed by atoms with van der Waals surface area (Å²) < 4.78 is 2.51. The second kappa shape index (κ2) is 3.78. The predicted octanol–water partition coefficient (Wildman–Crippen LogP) is 3.36. The minimum atomic E-state index is 0.354. The van der Waals surface area contributed by atoms with Gasteiger partial charge in [-0.2, -0.15) is 0 Å². The molecule has 0 N–H and O–H groups in total. The van der Waals surface area contributed by atoms with Crippen LogP contribution in [0.3, 0.4) is 0 Å². The van der Waals surface area contributed by atoms with Crippen molar-refractivity contribution in [2.24, 2.45) is 0 Å². The molecule has 0 saturated heterocycles. The lowest BCUT2D eigenvalue weighted by Gasteiger charge is -2.00. The van der Waals surface area contributed by atoms with E-state index in [2.05, 4.69) is 27.8 Å². The lowest BCUT2D eigenvalue weighted by Crippen LogP contribution is -1.96. The van der Waals surface area contributed by atoms with Crippen molar-refractivity contribution in [3.63, 3.8) is 0 Å². The largest absolute Gasteiger partial charge is 0.308 e.